The summed E-state index contributed by atoms with van der Waals surface area (Å²) in [5.41, 5.74) is 5.93. The van der Waals surface area contributed by atoms with Crippen LogP contribution in [-0.4, -0.2) is 23.1 Å². The van der Waals surface area contributed by atoms with Crippen molar-refractivity contribution in [3.05, 3.63) is 77.4 Å². The number of anilines is 1. The molecule has 3 aromatic carbocycles. The molecular weight excluding hydrogens is 410 g/mol. The smallest absolute Gasteiger partial charge is 0.257 e. The first-order chi connectivity index (χ1) is 14.9. The third kappa shape index (κ3) is 4.57. The van der Waals surface area contributed by atoms with Gasteiger partial charge < -0.3 is 14.5 Å². The Morgan fingerprint density at radius 1 is 1.03 bits per heavy atom. The van der Waals surface area contributed by atoms with E-state index in [1.165, 1.54) is 0 Å². The number of amides is 1. The minimum Gasteiger partial charge on any atom is -0.497 e. The molecule has 0 aliphatic rings. The molecule has 0 saturated heterocycles. The van der Waals surface area contributed by atoms with Gasteiger partial charge >= 0.3 is 0 Å². The predicted octanol–water partition coefficient (Wildman–Crippen LogP) is 5.25. The molecule has 0 spiro atoms. The Morgan fingerprint density at radius 2 is 1.74 bits per heavy atom. The molecule has 0 atom stereocenters. The van der Waals surface area contributed by atoms with Gasteiger partial charge in [0.25, 0.3) is 5.91 Å². The average Bonchev–Trinajstić information content (AvgIpc) is 3.18. The number of hydrogen-bond donors (Lipinski definition) is 2. The Morgan fingerprint density at radius 3 is 2.42 bits per heavy atom. The molecule has 0 bridgehead atoms. The number of carbonyl (C=O) groups excluding carboxylic acids is 1. The molecular formula is C24H21N3O3S. The summed E-state index contributed by atoms with van der Waals surface area (Å²) in [6, 6.07) is 18.4. The van der Waals surface area contributed by atoms with E-state index >= 15 is 0 Å². The number of carbonyl (C=O) groups is 1. The van der Waals surface area contributed by atoms with Crippen molar-refractivity contribution in [1.82, 2.24) is 10.3 Å². The van der Waals surface area contributed by atoms with E-state index in [-0.39, 0.29) is 11.0 Å². The highest BCUT2D eigenvalue weighted by molar-refractivity contribution is 7.80. The van der Waals surface area contributed by atoms with Gasteiger partial charge in [0.05, 0.1) is 7.11 Å². The van der Waals surface area contributed by atoms with Gasteiger partial charge in [-0.25, -0.2) is 4.98 Å². The summed E-state index contributed by atoms with van der Waals surface area (Å²) in [7, 11) is 1.58. The van der Waals surface area contributed by atoms with Crippen LogP contribution in [0.2, 0.25) is 0 Å². The molecule has 0 radical (unpaired) electrons. The van der Waals surface area contributed by atoms with Gasteiger partial charge in [-0.05, 0) is 91.8 Å². The zero-order valence-electron chi connectivity index (χ0n) is 17.4. The Balaban J connectivity index is 1.42. The second kappa shape index (κ2) is 8.57. The van der Waals surface area contributed by atoms with Gasteiger partial charge in [0.15, 0.2) is 10.7 Å². The maximum atomic E-state index is 12.3. The fourth-order valence-electron chi connectivity index (χ4n) is 3.28. The van der Waals surface area contributed by atoms with Crippen LogP contribution in [0, 0.1) is 13.8 Å². The van der Waals surface area contributed by atoms with Crippen LogP contribution in [0.15, 0.2) is 65.1 Å². The first-order valence-electron chi connectivity index (χ1n) is 9.67. The fraction of sp³-hybridized carbons (Fsp3) is 0.125. The van der Waals surface area contributed by atoms with Crippen molar-refractivity contribution in [2.75, 3.05) is 12.4 Å². The topological polar surface area (TPSA) is 76.4 Å². The lowest BCUT2D eigenvalue weighted by atomic mass is 10.1. The van der Waals surface area contributed by atoms with Crippen LogP contribution in [0.25, 0.3) is 22.6 Å². The van der Waals surface area contributed by atoms with Gasteiger partial charge in [0.1, 0.15) is 11.3 Å². The summed E-state index contributed by atoms with van der Waals surface area (Å²) in [5.74, 6) is 0.945. The normalized spacial score (nSPS) is 10.7. The second-order valence-electron chi connectivity index (χ2n) is 7.16. The number of methoxy groups -OCH3 is 1. The lowest BCUT2D eigenvalue weighted by molar-refractivity contribution is 0.0977. The molecule has 31 heavy (non-hydrogen) atoms. The SMILES string of the molecule is COc1ccc(C(=O)NC(=S)Nc2ccc(-c3nc4cc(C)cc(C)c4o3)cc2)cc1. The van der Waals surface area contributed by atoms with Crippen LogP contribution in [-0.2, 0) is 0 Å². The number of rotatable bonds is 4. The Kier molecular flexibility index (Phi) is 5.68. The molecule has 0 fully saturated rings. The molecule has 0 aliphatic heterocycles. The molecule has 156 valence electrons. The lowest BCUT2D eigenvalue weighted by Gasteiger charge is -2.10. The zero-order chi connectivity index (χ0) is 22.0. The van der Waals surface area contributed by atoms with E-state index in [9.17, 15) is 4.79 Å². The molecule has 1 amide bonds. The minimum absolute atomic E-state index is 0.210. The highest BCUT2D eigenvalue weighted by Crippen LogP contribution is 2.28. The number of aromatic nitrogens is 1. The molecule has 1 heterocycles. The summed E-state index contributed by atoms with van der Waals surface area (Å²) in [5, 5.41) is 5.89. The summed E-state index contributed by atoms with van der Waals surface area (Å²) >= 11 is 5.26. The van der Waals surface area contributed by atoms with E-state index in [1.54, 1.807) is 31.4 Å². The van der Waals surface area contributed by atoms with Gasteiger partial charge in [0.2, 0.25) is 5.89 Å². The van der Waals surface area contributed by atoms with Crippen molar-refractivity contribution in [2.45, 2.75) is 13.8 Å². The summed E-state index contributed by atoms with van der Waals surface area (Å²) in [4.78, 5) is 16.9. The van der Waals surface area contributed by atoms with Crippen molar-refractivity contribution in [2.24, 2.45) is 0 Å². The molecule has 7 heteroatoms. The quantitative estimate of drug-likeness (QED) is 0.430. The van der Waals surface area contributed by atoms with E-state index in [0.717, 1.165) is 33.5 Å². The molecule has 0 aliphatic carbocycles. The Hall–Kier alpha value is -3.71. The van der Waals surface area contributed by atoms with E-state index in [2.05, 4.69) is 21.7 Å². The average molecular weight is 432 g/mol. The third-order valence-electron chi connectivity index (χ3n) is 4.79. The van der Waals surface area contributed by atoms with Gasteiger partial charge in [-0.2, -0.15) is 0 Å². The van der Waals surface area contributed by atoms with Crippen LogP contribution in [0.3, 0.4) is 0 Å². The number of ether oxygens (including phenoxy) is 1. The van der Waals surface area contributed by atoms with E-state index in [0.29, 0.717) is 17.2 Å². The fourth-order valence-corrected chi connectivity index (χ4v) is 3.49. The summed E-state index contributed by atoms with van der Waals surface area (Å²) in [6.07, 6.45) is 0. The monoisotopic (exact) mass is 431 g/mol. The molecule has 4 rings (SSSR count). The maximum absolute atomic E-state index is 12.3. The number of aryl methyl sites for hydroxylation is 2. The van der Waals surface area contributed by atoms with Crippen LogP contribution in [0.4, 0.5) is 5.69 Å². The van der Waals surface area contributed by atoms with Crippen LogP contribution >= 0.6 is 12.2 Å². The number of oxazole rings is 1. The van der Waals surface area contributed by atoms with Gasteiger partial charge in [-0.3, -0.25) is 10.1 Å². The van der Waals surface area contributed by atoms with E-state index < -0.39 is 0 Å². The summed E-state index contributed by atoms with van der Waals surface area (Å²) in [6.45, 7) is 4.05. The van der Waals surface area contributed by atoms with Crippen molar-refractivity contribution < 1.29 is 13.9 Å². The van der Waals surface area contributed by atoms with Crippen molar-refractivity contribution in [3.63, 3.8) is 0 Å². The number of benzene rings is 3. The molecule has 2 N–H and O–H groups in total. The highest BCUT2D eigenvalue weighted by atomic mass is 32.1. The first-order valence-corrected chi connectivity index (χ1v) is 10.1. The van der Waals surface area contributed by atoms with Gasteiger partial charge in [0, 0.05) is 16.8 Å². The Bertz CT molecular complexity index is 1260. The van der Waals surface area contributed by atoms with Crippen molar-refractivity contribution in [3.8, 4) is 17.2 Å². The molecule has 4 aromatic rings. The number of thiocarbonyl (C=S) groups is 1. The lowest BCUT2D eigenvalue weighted by Crippen LogP contribution is -2.34. The van der Waals surface area contributed by atoms with Crippen molar-refractivity contribution in [1.29, 1.82) is 0 Å². The van der Waals surface area contributed by atoms with E-state index in [1.807, 2.05) is 44.2 Å². The number of nitrogens with one attached hydrogen (secondary N) is 2. The van der Waals surface area contributed by atoms with Crippen LogP contribution in [0.5, 0.6) is 5.75 Å². The van der Waals surface area contributed by atoms with Gasteiger partial charge in [-0.15, -0.1) is 0 Å². The number of nitrogens with zero attached hydrogens (tertiary/aromatic N) is 1. The minimum atomic E-state index is -0.297. The molecule has 1 aromatic heterocycles. The number of hydrogen-bond acceptors (Lipinski definition) is 5. The van der Waals surface area contributed by atoms with Crippen molar-refractivity contribution >= 4 is 40.0 Å². The molecule has 0 saturated carbocycles. The first kappa shape index (κ1) is 20.6. The van der Waals surface area contributed by atoms with Crippen LogP contribution in [0.1, 0.15) is 21.5 Å². The second-order valence-corrected chi connectivity index (χ2v) is 7.57. The largest absolute Gasteiger partial charge is 0.497 e. The maximum Gasteiger partial charge on any atom is 0.257 e. The van der Waals surface area contributed by atoms with Crippen LogP contribution < -0.4 is 15.4 Å². The highest BCUT2D eigenvalue weighted by Gasteiger charge is 2.12. The standard InChI is InChI=1S/C24H21N3O3S/c1-14-12-15(2)21-20(13-14)26-23(30-21)17-4-8-18(9-5-17)25-24(31)27-22(28)16-6-10-19(29-3)11-7-16/h4-13H,1-3H3,(H2,25,27,28,31). The van der Waals surface area contributed by atoms with E-state index in [4.69, 9.17) is 21.4 Å². The third-order valence-corrected chi connectivity index (χ3v) is 4.99. The zero-order valence-corrected chi connectivity index (χ0v) is 18.2. The summed E-state index contributed by atoms with van der Waals surface area (Å²) < 4.78 is 11.1. The molecule has 6 nitrogen and oxygen atoms in total. The Labute approximate surface area is 185 Å². The predicted molar refractivity (Wildman–Crippen MR) is 126 cm³/mol. The molecule has 0 unspecified atom stereocenters. The number of fused-ring (bicyclic) bond motifs is 1. The van der Waals surface area contributed by atoms with Gasteiger partial charge in [-0.1, -0.05) is 6.07 Å².